The van der Waals surface area contributed by atoms with E-state index in [1.54, 1.807) is 0 Å². The van der Waals surface area contributed by atoms with E-state index in [0.717, 1.165) is 38.7 Å². The number of hydrogen-bond donors (Lipinski definition) is 2. The van der Waals surface area contributed by atoms with Crippen LogP contribution in [0.1, 0.15) is 51.9 Å². The molecule has 3 unspecified atom stereocenters. The lowest BCUT2D eigenvalue weighted by Gasteiger charge is -2.48. The lowest BCUT2D eigenvalue weighted by molar-refractivity contribution is -0.166. The maximum Gasteiger partial charge on any atom is 0.0829 e. The van der Waals surface area contributed by atoms with Crippen molar-refractivity contribution in [1.82, 2.24) is 0 Å². The van der Waals surface area contributed by atoms with E-state index in [2.05, 4.69) is 0 Å². The van der Waals surface area contributed by atoms with Gasteiger partial charge in [0.15, 0.2) is 0 Å². The third-order valence-electron chi connectivity index (χ3n) is 4.26. The van der Waals surface area contributed by atoms with E-state index in [0.29, 0.717) is 6.42 Å². The Bertz CT molecular complexity index is 225. The molecule has 2 fully saturated rings. The summed E-state index contributed by atoms with van der Waals surface area (Å²) in [6.07, 6.45) is 5.88. The van der Waals surface area contributed by atoms with Crippen LogP contribution in [-0.2, 0) is 4.74 Å². The van der Waals surface area contributed by atoms with Gasteiger partial charge < -0.3 is 14.9 Å². The molecule has 1 aliphatic carbocycles. The van der Waals surface area contributed by atoms with Crippen LogP contribution in [0, 0.1) is 5.92 Å². The van der Waals surface area contributed by atoms with Gasteiger partial charge in [0, 0.05) is 6.61 Å². The monoisotopic (exact) mass is 228 g/mol. The molecule has 16 heavy (non-hydrogen) atoms. The Morgan fingerprint density at radius 3 is 2.69 bits per heavy atom. The summed E-state index contributed by atoms with van der Waals surface area (Å²) in [4.78, 5) is 0. The molecule has 94 valence electrons. The maximum absolute atomic E-state index is 10.1. The van der Waals surface area contributed by atoms with Crippen LogP contribution in [-0.4, -0.2) is 34.6 Å². The molecule has 1 aliphatic heterocycles. The summed E-state index contributed by atoms with van der Waals surface area (Å²) >= 11 is 0. The summed E-state index contributed by atoms with van der Waals surface area (Å²) in [7, 11) is 0. The van der Waals surface area contributed by atoms with E-state index in [1.807, 2.05) is 6.92 Å². The van der Waals surface area contributed by atoms with Gasteiger partial charge in [-0.25, -0.2) is 0 Å². The van der Waals surface area contributed by atoms with Crippen LogP contribution < -0.4 is 0 Å². The van der Waals surface area contributed by atoms with Crippen LogP contribution in [0.15, 0.2) is 0 Å². The van der Waals surface area contributed by atoms with Gasteiger partial charge in [0.2, 0.25) is 0 Å². The second kappa shape index (κ2) is 5.03. The van der Waals surface area contributed by atoms with E-state index in [9.17, 15) is 10.2 Å². The van der Waals surface area contributed by atoms with Crippen LogP contribution in [0.4, 0.5) is 0 Å². The van der Waals surface area contributed by atoms with Gasteiger partial charge >= 0.3 is 0 Å². The molecule has 0 bridgehead atoms. The summed E-state index contributed by atoms with van der Waals surface area (Å²) in [5, 5.41) is 20.0. The number of aliphatic hydroxyl groups excluding tert-OH is 2. The van der Waals surface area contributed by atoms with Gasteiger partial charge in [-0.3, -0.25) is 0 Å². The van der Waals surface area contributed by atoms with Crippen molar-refractivity contribution in [3.05, 3.63) is 0 Å². The largest absolute Gasteiger partial charge is 0.390 e. The molecule has 3 heteroatoms. The van der Waals surface area contributed by atoms with Crippen LogP contribution >= 0.6 is 0 Å². The van der Waals surface area contributed by atoms with Crippen molar-refractivity contribution in [3.63, 3.8) is 0 Å². The van der Waals surface area contributed by atoms with Gasteiger partial charge in [-0.1, -0.05) is 13.3 Å². The van der Waals surface area contributed by atoms with Crippen molar-refractivity contribution in [1.29, 1.82) is 0 Å². The summed E-state index contributed by atoms with van der Waals surface area (Å²) < 4.78 is 5.83. The molecule has 1 heterocycles. The highest BCUT2D eigenvalue weighted by Gasteiger charge is 2.44. The number of hydrogen-bond acceptors (Lipinski definition) is 3. The fourth-order valence-corrected chi connectivity index (χ4v) is 3.06. The normalized spacial score (nSPS) is 32.1. The third-order valence-corrected chi connectivity index (χ3v) is 4.26. The fourth-order valence-electron chi connectivity index (χ4n) is 3.06. The highest BCUT2D eigenvalue weighted by atomic mass is 16.5. The maximum atomic E-state index is 10.1. The SMILES string of the molecule is CCCC(O)C(O)C1CCOC2(CCC2)C1. The molecule has 0 aromatic rings. The number of rotatable bonds is 4. The molecule has 0 amide bonds. The summed E-state index contributed by atoms with van der Waals surface area (Å²) in [6.45, 7) is 2.79. The Hall–Kier alpha value is -0.120. The fraction of sp³-hybridized carbons (Fsp3) is 1.00. The molecule has 1 saturated carbocycles. The summed E-state index contributed by atoms with van der Waals surface area (Å²) in [5.41, 5.74) is 0.0653. The second-order valence-corrected chi connectivity index (χ2v) is 5.48. The van der Waals surface area contributed by atoms with Crippen molar-refractivity contribution in [3.8, 4) is 0 Å². The molecule has 2 aliphatic rings. The molecular weight excluding hydrogens is 204 g/mol. The number of ether oxygens (including phenoxy) is 1. The molecule has 1 spiro atoms. The predicted octanol–water partition coefficient (Wildman–Crippen LogP) is 1.86. The quantitative estimate of drug-likeness (QED) is 0.772. The van der Waals surface area contributed by atoms with Gasteiger partial charge in [0.05, 0.1) is 17.8 Å². The van der Waals surface area contributed by atoms with Gasteiger partial charge in [-0.15, -0.1) is 0 Å². The molecular formula is C13H24O3. The minimum atomic E-state index is -0.554. The Kier molecular flexibility index (Phi) is 3.88. The molecule has 0 aromatic heterocycles. The van der Waals surface area contributed by atoms with Crippen molar-refractivity contribution >= 4 is 0 Å². The predicted molar refractivity (Wildman–Crippen MR) is 62.2 cm³/mol. The van der Waals surface area contributed by atoms with Crippen molar-refractivity contribution < 1.29 is 14.9 Å². The van der Waals surface area contributed by atoms with Crippen LogP contribution in [0.5, 0.6) is 0 Å². The highest BCUT2D eigenvalue weighted by Crippen LogP contribution is 2.45. The van der Waals surface area contributed by atoms with E-state index in [-0.39, 0.29) is 11.5 Å². The summed E-state index contributed by atoms with van der Waals surface area (Å²) in [5.74, 6) is 0.232. The number of aliphatic hydroxyl groups is 2. The van der Waals surface area contributed by atoms with Crippen molar-refractivity contribution in [2.45, 2.75) is 69.7 Å². The smallest absolute Gasteiger partial charge is 0.0829 e. The zero-order valence-corrected chi connectivity index (χ0v) is 10.2. The molecule has 3 atom stereocenters. The lowest BCUT2D eigenvalue weighted by atomic mass is 9.70. The van der Waals surface area contributed by atoms with E-state index >= 15 is 0 Å². The first-order chi connectivity index (χ1) is 7.67. The lowest BCUT2D eigenvalue weighted by Crippen LogP contribution is -2.49. The first-order valence-corrected chi connectivity index (χ1v) is 6.67. The van der Waals surface area contributed by atoms with Crippen LogP contribution in [0.2, 0.25) is 0 Å². The first-order valence-electron chi connectivity index (χ1n) is 6.67. The standard InChI is InChI=1S/C13H24O3/c1-2-4-11(14)12(15)10-5-8-16-13(9-10)6-3-7-13/h10-12,14-15H,2-9H2,1H3. The first kappa shape index (κ1) is 12.3. The third kappa shape index (κ3) is 2.41. The van der Waals surface area contributed by atoms with Crippen molar-refractivity contribution in [2.75, 3.05) is 6.61 Å². The van der Waals surface area contributed by atoms with Crippen LogP contribution in [0.25, 0.3) is 0 Å². The van der Waals surface area contributed by atoms with Gasteiger partial charge in [-0.2, -0.15) is 0 Å². The minimum Gasteiger partial charge on any atom is -0.390 e. The zero-order chi connectivity index (χ0) is 11.6. The average Bonchev–Trinajstić information content (AvgIpc) is 2.26. The highest BCUT2D eigenvalue weighted by molar-refractivity contribution is 4.96. The topological polar surface area (TPSA) is 49.7 Å². The average molecular weight is 228 g/mol. The second-order valence-electron chi connectivity index (χ2n) is 5.48. The van der Waals surface area contributed by atoms with Crippen molar-refractivity contribution in [2.24, 2.45) is 5.92 Å². The van der Waals surface area contributed by atoms with E-state index in [1.165, 1.54) is 6.42 Å². The molecule has 0 aromatic carbocycles. The molecule has 2 rings (SSSR count). The molecule has 0 radical (unpaired) electrons. The molecule has 3 nitrogen and oxygen atoms in total. The van der Waals surface area contributed by atoms with Gasteiger partial charge in [0.25, 0.3) is 0 Å². The minimum absolute atomic E-state index is 0.0653. The molecule has 1 saturated heterocycles. The summed E-state index contributed by atoms with van der Waals surface area (Å²) in [6, 6.07) is 0. The van der Waals surface area contributed by atoms with E-state index < -0.39 is 12.2 Å². The Morgan fingerprint density at radius 2 is 2.12 bits per heavy atom. The Labute approximate surface area is 97.8 Å². The Balaban J connectivity index is 1.88. The zero-order valence-electron chi connectivity index (χ0n) is 10.2. The van der Waals surface area contributed by atoms with E-state index in [4.69, 9.17) is 4.74 Å². The van der Waals surface area contributed by atoms with Gasteiger partial charge in [0.1, 0.15) is 0 Å². The van der Waals surface area contributed by atoms with Gasteiger partial charge in [-0.05, 0) is 44.4 Å². The molecule has 2 N–H and O–H groups in total. The Morgan fingerprint density at radius 1 is 1.38 bits per heavy atom. The van der Waals surface area contributed by atoms with Crippen LogP contribution in [0.3, 0.4) is 0 Å².